The van der Waals surface area contributed by atoms with Gasteiger partial charge in [0.15, 0.2) is 17.3 Å². The molecule has 2 aliphatic carbocycles. The summed E-state index contributed by atoms with van der Waals surface area (Å²) < 4.78 is 6.83. The number of rotatable bonds is 4. The number of aromatic nitrogens is 3. The van der Waals surface area contributed by atoms with Crippen LogP contribution >= 0.6 is 22.7 Å². The predicted octanol–water partition coefficient (Wildman–Crippen LogP) is 7.31. The first-order valence-electron chi connectivity index (χ1n) is 16.8. The van der Waals surface area contributed by atoms with Crippen molar-refractivity contribution in [2.45, 2.75) is 12.7 Å². The first-order chi connectivity index (χ1) is 27.6. The highest BCUT2D eigenvalue weighted by Gasteiger charge is 2.36. The van der Waals surface area contributed by atoms with Gasteiger partial charge in [-0.1, -0.05) is 35.1 Å². The van der Waals surface area contributed by atoms with E-state index in [0.29, 0.717) is 41.0 Å². The number of carbonyl (C=O) groups is 4. The van der Waals surface area contributed by atoms with Crippen LogP contribution in [-0.2, 0) is 11.3 Å². The predicted molar refractivity (Wildman–Crippen MR) is 206 cm³/mol. The van der Waals surface area contributed by atoms with E-state index in [1.54, 1.807) is 24.3 Å². The molecule has 3 heterocycles. The molecule has 1 atom stereocenters. The monoisotopic (exact) mass is 779 g/mol. The fourth-order valence-corrected chi connectivity index (χ4v) is 9.35. The summed E-state index contributed by atoms with van der Waals surface area (Å²) in [5, 5.41) is 59.4. The van der Waals surface area contributed by atoms with Gasteiger partial charge in [0.2, 0.25) is 0 Å². The Labute approximate surface area is 328 Å². The fraction of sp³-hybridized carbons (Fsp3) is 0.0476. The van der Waals surface area contributed by atoms with E-state index in [4.69, 9.17) is 4.74 Å². The van der Waals surface area contributed by atoms with Crippen LogP contribution in [-0.4, -0.2) is 43.5 Å². The Morgan fingerprint density at radius 3 is 1.77 bits per heavy atom. The summed E-state index contributed by atoms with van der Waals surface area (Å²) in [6, 6.07) is 25.3. The molecule has 268 valence electrons. The number of ether oxygens (including phenoxy) is 1. The Balaban J connectivity index is 1.18. The lowest BCUT2D eigenvalue weighted by Crippen LogP contribution is -2.16. The van der Waals surface area contributed by atoms with Crippen molar-refractivity contribution in [2.24, 2.45) is 0 Å². The summed E-state index contributed by atoms with van der Waals surface area (Å²) in [5.41, 5.74) is 1.66. The number of nitrogens with zero attached hydrogens (tertiary/aromatic N) is 7. The van der Waals surface area contributed by atoms with Gasteiger partial charge in [0.05, 0.1) is 37.2 Å². The molecule has 0 amide bonds. The maximum absolute atomic E-state index is 13.6. The minimum Gasteiger partial charge on any atom is -0.442 e. The van der Waals surface area contributed by atoms with Crippen LogP contribution in [0.5, 0.6) is 0 Å². The lowest BCUT2D eigenvalue weighted by atomic mass is 10.0. The highest BCUT2D eigenvalue weighted by molar-refractivity contribution is 7.28. The number of hydrogen-bond donors (Lipinski definition) is 1. The molecule has 0 radical (unpaired) electrons. The first-order valence-corrected chi connectivity index (χ1v) is 18.4. The molecule has 1 N–H and O–H groups in total. The number of aliphatic hydroxyl groups is 1. The number of carbonyl (C=O) groups excluding carboxylic acids is 4. The minimum absolute atomic E-state index is 0.0160. The van der Waals surface area contributed by atoms with Crippen molar-refractivity contribution < 1.29 is 29.0 Å². The molecule has 13 nitrogen and oxygen atoms in total. The molecule has 7 aromatic rings. The van der Waals surface area contributed by atoms with Crippen molar-refractivity contribution in [2.75, 3.05) is 0 Å². The Kier molecular flexibility index (Phi) is 8.02. The van der Waals surface area contributed by atoms with E-state index in [1.165, 1.54) is 59.1 Å². The quantitative estimate of drug-likeness (QED) is 0.137. The summed E-state index contributed by atoms with van der Waals surface area (Å²) in [7, 11) is 0. The van der Waals surface area contributed by atoms with Crippen LogP contribution in [0.15, 0.2) is 77.9 Å². The Morgan fingerprint density at radius 1 is 0.719 bits per heavy atom. The van der Waals surface area contributed by atoms with Gasteiger partial charge in [0.25, 0.3) is 0 Å². The zero-order chi connectivity index (χ0) is 39.7. The molecule has 0 saturated carbocycles. The number of aliphatic hydroxyl groups excluding tert-OH is 1. The fourth-order valence-electron chi connectivity index (χ4n) is 6.98. The second-order valence-corrected chi connectivity index (χ2v) is 15.1. The van der Waals surface area contributed by atoms with Gasteiger partial charge >= 0.3 is 6.09 Å². The van der Waals surface area contributed by atoms with Crippen molar-refractivity contribution in [3.8, 4) is 24.3 Å². The van der Waals surface area contributed by atoms with Crippen molar-refractivity contribution in [3.63, 3.8) is 0 Å². The summed E-state index contributed by atoms with van der Waals surface area (Å²) in [5.74, 6) is -1.69. The van der Waals surface area contributed by atoms with E-state index in [9.17, 15) is 45.3 Å². The molecule has 2 aliphatic rings. The van der Waals surface area contributed by atoms with Crippen LogP contribution in [0.2, 0.25) is 0 Å². The molecule has 1 unspecified atom stereocenters. The molecule has 0 spiro atoms. The molecule has 4 aromatic carbocycles. The van der Waals surface area contributed by atoms with Gasteiger partial charge in [-0.05, 0) is 59.7 Å². The molecule has 0 fully saturated rings. The molecular weight excluding hydrogens is 763 g/mol. The third kappa shape index (κ3) is 5.43. The van der Waals surface area contributed by atoms with Crippen molar-refractivity contribution >= 4 is 89.5 Å². The second kappa shape index (κ2) is 13.1. The number of fused-ring (bicyclic) bond motifs is 8. The van der Waals surface area contributed by atoms with Crippen molar-refractivity contribution in [1.82, 2.24) is 15.0 Å². The first kappa shape index (κ1) is 34.8. The van der Waals surface area contributed by atoms with E-state index in [0.717, 1.165) is 10.4 Å². The topological polar surface area (TPSA) is 224 Å². The van der Waals surface area contributed by atoms with E-state index >= 15 is 0 Å². The van der Waals surface area contributed by atoms with E-state index < -0.39 is 29.5 Å². The van der Waals surface area contributed by atoms with Gasteiger partial charge in [-0.25, -0.2) is 4.79 Å². The third-order valence-electron chi connectivity index (χ3n) is 9.69. The molecular formula is C42H17N7O6S2. The normalized spacial score (nSPS) is 15.1. The molecule has 15 heteroatoms. The van der Waals surface area contributed by atoms with Gasteiger partial charge in [-0.3, -0.25) is 14.4 Å². The van der Waals surface area contributed by atoms with Crippen LogP contribution in [0.1, 0.15) is 80.3 Å². The van der Waals surface area contributed by atoms with Crippen LogP contribution in [0.3, 0.4) is 0 Å². The van der Waals surface area contributed by atoms with Crippen LogP contribution in [0.4, 0.5) is 4.79 Å². The number of ketones is 3. The number of nitriles is 4. The van der Waals surface area contributed by atoms with Gasteiger partial charge in [0.1, 0.15) is 48.0 Å². The lowest BCUT2D eigenvalue weighted by Gasteiger charge is -2.05. The third-order valence-corrected chi connectivity index (χ3v) is 12.0. The highest BCUT2D eigenvalue weighted by Crippen LogP contribution is 2.45. The molecule has 0 aliphatic heterocycles. The molecule has 57 heavy (non-hydrogen) atoms. The lowest BCUT2D eigenvalue weighted by molar-refractivity contribution is 0.0986. The molecule has 3 aromatic heterocycles. The largest absolute Gasteiger partial charge is 0.452 e. The Morgan fingerprint density at radius 2 is 1.23 bits per heavy atom. The van der Waals surface area contributed by atoms with Gasteiger partial charge in [-0.15, -0.1) is 32.9 Å². The number of thiophene rings is 2. The molecule has 0 bridgehead atoms. The summed E-state index contributed by atoms with van der Waals surface area (Å²) >= 11 is 2.50. The standard InChI is InChI=1S/C42H17N7O6S2/c43-14-20-6-26-27(7-21(20)15-44)37(51)32(36(26)50)12-24-10-30-34-35(48-49(47-34)42(54)55-18-19-4-2-1-3-5-19)31-11-25(57-41(31)40(30)56-24)13-33-38(52)28-8-22(16-45)23(17-46)9-29(28)39(33)53/h1-13,36,50H,18H2/b32-12-. The minimum atomic E-state index is -1.36. The number of benzene rings is 4. The van der Waals surface area contributed by atoms with E-state index in [2.05, 4.69) is 10.2 Å². The maximum Gasteiger partial charge on any atom is 0.452 e. The highest BCUT2D eigenvalue weighted by atomic mass is 32.1. The summed E-state index contributed by atoms with van der Waals surface area (Å²) in [6.07, 6.45) is 0.763. The molecule has 0 saturated heterocycles. The maximum atomic E-state index is 13.6. The Hall–Kier alpha value is -7.92. The Bertz CT molecular complexity index is 3230. The number of allylic oxidation sites excluding steroid dienone is 1. The zero-order valence-electron chi connectivity index (χ0n) is 28.7. The van der Waals surface area contributed by atoms with Crippen molar-refractivity contribution in [3.05, 3.63) is 138 Å². The van der Waals surface area contributed by atoms with E-state index in [-0.39, 0.29) is 62.3 Å². The average Bonchev–Trinajstić information content (AvgIpc) is 4.05. The summed E-state index contributed by atoms with van der Waals surface area (Å²) in [4.78, 5) is 55.7. The van der Waals surface area contributed by atoms with Crippen LogP contribution in [0, 0.1) is 45.3 Å². The second-order valence-electron chi connectivity index (χ2n) is 12.9. The average molecular weight is 780 g/mol. The SMILES string of the molecule is N#Cc1cc2c(cc1C#N)C(=O)C(=Cc1cc3c4nn(C(=O)OCc5ccccc5)nc4c4cc(/C=C5\C(=O)c6cc(C#N)c(C#N)cc6C5O)sc4c3s1)C2=O. The number of hydrogen-bond acceptors (Lipinski definition) is 14. The smallest absolute Gasteiger partial charge is 0.442 e. The zero-order valence-corrected chi connectivity index (χ0v) is 30.4. The van der Waals surface area contributed by atoms with Gasteiger partial charge in [0, 0.05) is 42.8 Å². The van der Waals surface area contributed by atoms with E-state index in [1.807, 2.05) is 42.5 Å². The number of Topliss-reactive ketones (excluding diaryl/α,β-unsaturated/α-hetero) is 3. The van der Waals surface area contributed by atoms with Crippen molar-refractivity contribution in [1.29, 1.82) is 21.0 Å². The van der Waals surface area contributed by atoms with Gasteiger partial charge < -0.3 is 9.84 Å². The molecule has 9 rings (SSSR count). The summed E-state index contributed by atoms with van der Waals surface area (Å²) in [6.45, 7) is -0.0324. The van der Waals surface area contributed by atoms with Crippen LogP contribution < -0.4 is 0 Å². The van der Waals surface area contributed by atoms with Gasteiger partial charge in [-0.2, -0.15) is 21.0 Å². The van der Waals surface area contributed by atoms with Crippen LogP contribution in [0.25, 0.3) is 43.4 Å².